The Balaban J connectivity index is 0.00000243. The molecule has 1 aliphatic rings. The molecule has 26 heavy (non-hydrogen) atoms. The SMILES string of the molecule is Cl.O=C(CCc1ccc(NC2=NCCN2)cc1)c1cc(F)c(Cl)cc1Cl. The van der Waals surface area contributed by atoms with Gasteiger partial charge in [0.2, 0.25) is 0 Å². The molecular weight excluding hydrogens is 400 g/mol. The van der Waals surface area contributed by atoms with Crippen molar-refractivity contribution in [3.05, 3.63) is 63.4 Å². The number of ketones is 1. The Kier molecular flexibility index (Phi) is 7.26. The van der Waals surface area contributed by atoms with Gasteiger partial charge in [-0.05, 0) is 36.2 Å². The van der Waals surface area contributed by atoms with E-state index in [4.69, 9.17) is 23.2 Å². The maximum Gasteiger partial charge on any atom is 0.195 e. The fraction of sp³-hybridized carbons (Fsp3) is 0.222. The normalized spacial score (nSPS) is 12.8. The highest BCUT2D eigenvalue weighted by Crippen LogP contribution is 2.25. The van der Waals surface area contributed by atoms with Crippen molar-refractivity contribution < 1.29 is 9.18 Å². The molecule has 2 aromatic rings. The summed E-state index contributed by atoms with van der Waals surface area (Å²) in [6.45, 7) is 1.62. The Morgan fingerprint density at radius 2 is 1.92 bits per heavy atom. The minimum atomic E-state index is -0.645. The second-order valence-corrected chi connectivity index (χ2v) is 6.46. The highest BCUT2D eigenvalue weighted by Gasteiger charge is 2.14. The van der Waals surface area contributed by atoms with Crippen LogP contribution in [0.2, 0.25) is 10.0 Å². The maximum absolute atomic E-state index is 13.5. The number of rotatable bonds is 5. The number of aryl methyl sites for hydroxylation is 1. The Labute approximate surface area is 167 Å². The number of benzene rings is 2. The van der Waals surface area contributed by atoms with Crippen LogP contribution in [-0.4, -0.2) is 24.8 Å². The van der Waals surface area contributed by atoms with Gasteiger partial charge in [0, 0.05) is 24.2 Å². The summed E-state index contributed by atoms with van der Waals surface area (Å²) in [5, 5.41) is 6.39. The van der Waals surface area contributed by atoms with Gasteiger partial charge in [0.25, 0.3) is 0 Å². The number of nitrogens with one attached hydrogen (secondary N) is 2. The first-order chi connectivity index (χ1) is 12.0. The average Bonchev–Trinajstić information content (AvgIpc) is 3.10. The van der Waals surface area contributed by atoms with Crippen LogP contribution in [0, 0.1) is 5.82 Å². The quantitative estimate of drug-likeness (QED) is 0.547. The zero-order valence-electron chi connectivity index (χ0n) is 13.7. The smallest absolute Gasteiger partial charge is 0.195 e. The maximum atomic E-state index is 13.5. The molecule has 0 fully saturated rings. The number of hydrogen-bond acceptors (Lipinski definition) is 4. The van der Waals surface area contributed by atoms with Crippen molar-refractivity contribution in [1.82, 2.24) is 5.32 Å². The molecule has 138 valence electrons. The molecule has 0 aromatic heterocycles. The van der Waals surface area contributed by atoms with Gasteiger partial charge in [0.1, 0.15) is 5.82 Å². The van der Waals surface area contributed by atoms with Crippen molar-refractivity contribution in [2.24, 2.45) is 4.99 Å². The molecule has 0 atom stereocenters. The fourth-order valence-corrected chi connectivity index (χ4v) is 2.99. The summed E-state index contributed by atoms with van der Waals surface area (Å²) in [5.41, 5.74) is 2.09. The summed E-state index contributed by atoms with van der Waals surface area (Å²) >= 11 is 11.6. The molecule has 0 amide bonds. The third-order valence-corrected chi connectivity index (χ3v) is 4.44. The zero-order valence-corrected chi connectivity index (χ0v) is 16.0. The minimum Gasteiger partial charge on any atom is -0.354 e. The van der Waals surface area contributed by atoms with E-state index in [0.717, 1.165) is 36.4 Å². The van der Waals surface area contributed by atoms with E-state index in [9.17, 15) is 9.18 Å². The van der Waals surface area contributed by atoms with Crippen LogP contribution >= 0.6 is 35.6 Å². The van der Waals surface area contributed by atoms with Crippen LogP contribution < -0.4 is 10.6 Å². The predicted octanol–water partition coefficient (Wildman–Crippen LogP) is 4.74. The fourth-order valence-electron chi connectivity index (χ4n) is 2.50. The minimum absolute atomic E-state index is 0. The van der Waals surface area contributed by atoms with E-state index < -0.39 is 5.82 Å². The molecule has 0 aliphatic carbocycles. The number of anilines is 1. The number of Topliss-reactive ketones (excluding diaryl/α,β-unsaturated/α-hetero) is 1. The molecule has 0 saturated carbocycles. The van der Waals surface area contributed by atoms with Gasteiger partial charge in [0.05, 0.1) is 16.6 Å². The van der Waals surface area contributed by atoms with Gasteiger partial charge in [-0.3, -0.25) is 9.79 Å². The van der Waals surface area contributed by atoms with E-state index in [1.807, 2.05) is 24.3 Å². The molecule has 4 nitrogen and oxygen atoms in total. The summed E-state index contributed by atoms with van der Waals surface area (Å²) in [6.07, 6.45) is 0.778. The van der Waals surface area contributed by atoms with E-state index in [0.29, 0.717) is 6.42 Å². The molecule has 0 unspecified atom stereocenters. The van der Waals surface area contributed by atoms with E-state index in [2.05, 4.69) is 15.6 Å². The third kappa shape index (κ3) is 5.10. The number of carbonyl (C=O) groups is 1. The highest BCUT2D eigenvalue weighted by atomic mass is 35.5. The number of halogens is 4. The van der Waals surface area contributed by atoms with Crippen molar-refractivity contribution in [2.45, 2.75) is 12.8 Å². The van der Waals surface area contributed by atoms with Crippen LogP contribution in [0.4, 0.5) is 10.1 Å². The van der Waals surface area contributed by atoms with Crippen molar-refractivity contribution in [2.75, 3.05) is 18.4 Å². The number of hydrogen-bond donors (Lipinski definition) is 2. The second kappa shape index (κ2) is 9.21. The van der Waals surface area contributed by atoms with Crippen molar-refractivity contribution in [1.29, 1.82) is 0 Å². The molecule has 1 aliphatic heterocycles. The lowest BCUT2D eigenvalue weighted by molar-refractivity contribution is 0.0982. The predicted molar refractivity (Wildman–Crippen MR) is 107 cm³/mol. The largest absolute Gasteiger partial charge is 0.354 e. The summed E-state index contributed by atoms with van der Waals surface area (Å²) in [5.74, 6) is -0.0945. The van der Waals surface area contributed by atoms with Gasteiger partial charge in [0.15, 0.2) is 11.7 Å². The van der Waals surface area contributed by atoms with Crippen molar-refractivity contribution in [3.8, 4) is 0 Å². The van der Waals surface area contributed by atoms with Crippen LogP contribution in [-0.2, 0) is 6.42 Å². The van der Waals surface area contributed by atoms with Gasteiger partial charge in [-0.1, -0.05) is 35.3 Å². The van der Waals surface area contributed by atoms with Crippen molar-refractivity contribution in [3.63, 3.8) is 0 Å². The van der Waals surface area contributed by atoms with E-state index in [1.54, 1.807) is 0 Å². The first kappa shape index (κ1) is 20.5. The highest BCUT2D eigenvalue weighted by molar-refractivity contribution is 6.36. The van der Waals surface area contributed by atoms with E-state index in [-0.39, 0.29) is 40.2 Å². The van der Waals surface area contributed by atoms with Crippen LogP contribution in [0.15, 0.2) is 41.4 Å². The Morgan fingerprint density at radius 1 is 1.19 bits per heavy atom. The van der Waals surface area contributed by atoms with Crippen molar-refractivity contribution >= 4 is 53.0 Å². The van der Waals surface area contributed by atoms with Gasteiger partial charge in [-0.15, -0.1) is 12.4 Å². The monoisotopic (exact) mass is 415 g/mol. The summed E-state index contributed by atoms with van der Waals surface area (Å²) in [4.78, 5) is 16.5. The lowest BCUT2D eigenvalue weighted by Crippen LogP contribution is -2.26. The van der Waals surface area contributed by atoms with E-state index in [1.165, 1.54) is 6.07 Å². The molecule has 2 aromatic carbocycles. The lowest BCUT2D eigenvalue weighted by Gasteiger charge is -2.08. The van der Waals surface area contributed by atoms with Gasteiger partial charge in [-0.2, -0.15) is 0 Å². The van der Waals surface area contributed by atoms with Gasteiger partial charge < -0.3 is 10.6 Å². The third-order valence-electron chi connectivity index (χ3n) is 3.84. The summed E-state index contributed by atoms with van der Waals surface area (Å²) in [6, 6.07) is 10.1. The molecule has 3 rings (SSSR count). The molecule has 8 heteroatoms. The molecule has 0 saturated heterocycles. The molecule has 1 heterocycles. The molecular formula is C18H17Cl3FN3O. The topological polar surface area (TPSA) is 53.5 Å². The number of aliphatic imine (C=N–C) groups is 1. The number of guanidine groups is 1. The van der Waals surface area contributed by atoms with Crippen LogP contribution in [0.1, 0.15) is 22.3 Å². The molecule has 0 radical (unpaired) electrons. The van der Waals surface area contributed by atoms with E-state index >= 15 is 0 Å². The van der Waals surface area contributed by atoms with Gasteiger partial charge in [-0.25, -0.2) is 4.39 Å². The first-order valence-corrected chi connectivity index (χ1v) is 8.60. The Hall–Kier alpha value is -1.82. The lowest BCUT2D eigenvalue weighted by atomic mass is 10.0. The van der Waals surface area contributed by atoms with Crippen LogP contribution in [0.5, 0.6) is 0 Å². The zero-order chi connectivity index (χ0) is 17.8. The molecule has 0 bridgehead atoms. The molecule has 0 spiro atoms. The van der Waals surface area contributed by atoms with Crippen LogP contribution in [0.25, 0.3) is 0 Å². The Bertz CT molecular complexity index is 825. The standard InChI is InChI=1S/C18H16Cl2FN3O.ClH/c19-14-10-15(20)16(21)9-13(14)17(25)6-3-11-1-4-12(5-2-11)24-18-22-7-8-23-18;/h1-2,4-5,9-10H,3,6-8H2,(H2,22,23,24);1H. The second-order valence-electron chi connectivity index (χ2n) is 5.65. The first-order valence-electron chi connectivity index (χ1n) is 7.85. The van der Waals surface area contributed by atoms with Gasteiger partial charge >= 0.3 is 0 Å². The average molecular weight is 417 g/mol. The number of nitrogens with zero attached hydrogens (tertiary/aromatic N) is 1. The number of carbonyl (C=O) groups excluding carboxylic acids is 1. The van der Waals surface area contributed by atoms with Crippen LogP contribution in [0.3, 0.4) is 0 Å². The molecule has 2 N–H and O–H groups in total. The summed E-state index contributed by atoms with van der Waals surface area (Å²) < 4.78 is 13.5. The summed E-state index contributed by atoms with van der Waals surface area (Å²) in [7, 11) is 0. The Morgan fingerprint density at radius 3 is 2.58 bits per heavy atom.